The van der Waals surface area contributed by atoms with E-state index in [4.69, 9.17) is 0 Å². The molecule has 2 aliphatic carbocycles. The van der Waals surface area contributed by atoms with Gasteiger partial charge in [0.15, 0.2) is 0 Å². The molecule has 2 aliphatic rings. The Morgan fingerprint density at radius 2 is 1.42 bits per heavy atom. The summed E-state index contributed by atoms with van der Waals surface area (Å²) in [6, 6.07) is 8.89. The third-order valence-corrected chi connectivity index (χ3v) is 6.41. The van der Waals surface area contributed by atoms with Crippen LogP contribution in [-0.2, 0) is 6.42 Å². The summed E-state index contributed by atoms with van der Waals surface area (Å²) in [7, 11) is 0. The van der Waals surface area contributed by atoms with Crippen LogP contribution in [0.25, 0.3) is 0 Å². The van der Waals surface area contributed by atoms with Gasteiger partial charge in [-0.3, -0.25) is 0 Å². The third kappa shape index (κ3) is 4.89. The minimum absolute atomic E-state index is 0.638. The zero-order chi connectivity index (χ0) is 16.8. The zero-order valence-corrected chi connectivity index (χ0v) is 15.7. The number of benzene rings is 1. The van der Waals surface area contributed by atoms with Gasteiger partial charge in [0.25, 0.3) is 0 Å². The highest BCUT2D eigenvalue weighted by Crippen LogP contribution is 2.41. The smallest absolute Gasteiger partial charge is 0.0245 e. The van der Waals surface area contributed by atoms with Crippen LogP contribution in [0.4, 0.5) is 0 Å². The molecule has 3 rings (SSSR count). The first-order valence-corrected chi connectivity index (χ1v) is 10.3. The van der Waals surface area contributed by atoms with Crippen LogP contribution in [0.15, 0.2) is 24.3 Å². The van der Waals surface area contributed by atoms with Crippen molar-refractivity contribution in [3.63, 3.8) is 0 Å². The molecule has 1 aromatic carbocycles. The summed E-state index contributed by atoms with van der Waals surface area (Å²) in [4.78, 5) is 0. The molecule has 0 N–H and O–H groups in total. The lowest BCUT2D eigenvalue weighted by Crippen LogP contribution is -2.24. The average molecular weight is 323 g/mol. The molecule has 130 valence electrons. The highest BCUT2D eigenvalue weighted by molar-refractivity contribution is 5.36. The van der Waals surface area contributed by atoms with Crippen molar-refractivity contribution in [1.29, 1.82) is 0 Å². The van der Waals surface area contributed by atoms with Crippen molar-refractivity contribution in [3.8, 4) is 11.8 Å². The molecule has 0 heterocycles. The van der Waals surface area contributed by atoms with Gasteiger partial charge in [0, 0.05) is 11.5 Å². The summed E-state index contributed by atoms with van der Waals surface area (Å²) < 4.78 is 0. The molecule has 0 nitrogen and oxygen atoms in total. The summed E-state index contributed by atoms with van der Waals surface area (Å²) in [5.74, 6) is 10.7. The minimum atomic E-state index is 0.638. The van der Waals surface area contributed by atoms with Gasteiger partial charge < -0.3 is 0 Å². The van der Waals surface area contributed by atoms with Crippen LogP contribution in [0.2, 0.25) is 0 Å². The third-order valence-electron chi connectivity index (χ3n) is 6.41. The lowest BCUT2D eigenvalue weighted by atomic mass is 9.69. The average Bonchev–Trinajstić information content (AvgIpc) is 2.63. The summed E-state index contributed by atoms with van der Waals surface area (Å²) >= 11 is 0. The summed E-state index contributed by atoms with van der Waals surface area (Å²) in [6.07, 6.45) is 13.8. The van der Waals surface area contributed by atoms with Gasteiger partial charge in [-0.15, -0.1) is 0 Å². The van der Waals surface area contributed by atoms with E-state index in [0.717, 1.165) is 17.8 Å². The lowest BCUT2D eigenvalue weighted by molar-refractivity contribution is 0.162. The Morgan fingerprint density at radius 3 is 2.00 bits per heavy atom. The fraction of sp³-hybridized carbons (Fsp3) is 0.667. The van der Waals surface area contributed by atoms with Gasteiger partial charge in [-0.25, -0.2) is 0 Å². The normalized spacial score (nSPS) is 30.4. The lowest BCUT2D eigenvalue weighted by Gasteiger charge is -2.36. The molecule has 0 radical (unpaired) electrons. The van der Waals surface area contributed by atoms with Gasteiger partial charge in [-0.2, -0.15) is 0 Å². The van der Waals surface area contributed by atoms with Gasteiger partial charge in [0.1, 0.15) is 0 Å². The summed E-state index contributed by atoms with van der Waals surface area (Å²) in [5, 5.41) is 0. The fourth-order valence-electron chi connectivity index (χ4n) is 4.72. The van der Waals surface area contributed by atoms with Gasteiger partial charge in [0.05, 0.1) is 0 Å². The highest BCUT2D eigenvalue weighted by atomic mass is 14.3. The number of hydrogen-bond acceptors (Lipinski definition) is 0. The second-order valence-corrected chi connectivity index (χ2v) is 8.35. The highest BCUT2D eigenvalue weighted by Gasteiger charge is 2.29. The Labute approximate surface area is 149 Å². The molecule has 0 amide bonds. The minimum Gasteiger partial charge on any atom is -0.0945 e. The SMILES string of the molecule is CCCc1ccc(C#CC2CCC(C3CCC(C)CC3)CC2)cc1. The predicted molar refractivity (Wildman–Crippen MR) is 104 cm³/mol. The van der Waals surface area contributed by atoms with Crippen molar-refractivity contribution in [2.45, 2.75) is 78.1 Å². The van der Waals surface area contributed by atoms with Crippen molar-refractivity contribution in [2.24, 2.45) is 23.7 Å². The van der Waals surface area contributed by atoms with E-state index in [9.17, 15) is 0 Å². The van der Waals surface area contributed by atoms with E-state index in [0.29, 0.717) is 5.92 Å². The molecular weight excluding hydrogens is 288 g/mol. The Hall–Kier alpha value is -1.22. The Morgan fingerprint density at radius 1 is 0.833 bits per heavy atom. The molecule has 0 heteroatoms. The molecule has 0 aromatic heterocycles. The second kappa shape index (κ2) is 8.75. The van der Waals surface area contributed by atoms with Crippen molar-refractivity contribution >= 4 is 0 Å². The summed E-state index contributed by atoms with van der Waals surface area (Å²) in [5.41, 5.74) is 2.63. The maximum Gasteiger partial charge on any atom is 0.0245 e. The maximum atomic E-state index is 3.57. The maximum absolute atomic E-state index is 3.57. The number of aryl methyl sites for hydroxylation is 1. The van der Waals surface area contributed by atoms with Gasteiger partial charge in [-0.1, -0.05) is 57.1 Å². The summed E-state index contributed by atoms with van der Waals surface area (Å²) in [6.45, 7) is 4.66. The largest absolute Gasteiger partial charge is 0.0945 e. The van der Waals surface area contributed by atoms with Crippen molar-refractivity contribution in [1.82, 2.24) is 0 Å². The first-order chi connectivity index (χ1) is 11.7. The molecule has 0 aliphatic heterocycles. The molecule has 0 bridgehead atoms. The van der Waals surface area contributed by atoms with E-state index in [1.54, 1.807) is 0 Å². The van der Waals surface area contributed by atoms with E-state index in [2.05, 4.69) is 50.0 Å². The van der Waals surface area contributed by atoms with E-state index in [1.165, 1.54) is 75.3 Å². The molecule has 0 unspecified atom stereocenters. The molecule has 0 spiro atoms. The predicted octanol–water partition coefficient (Wildman–Crippen LogP) is 6.62. The van der Waals surface area contributed by atoms with Crippen molar-refractivity contribution in [2.75, 3.05) is 0 Å². The van der Waals surface area contributed by atoms with E-state index in [-0.39, 0.29) is 0 Å². The van der Waals surface area contributed by atoms with Crippen molar-refractivity contribution < 1.29 is 0 Å². The molecular formula is C24H34. The van der Waals surface area contributed by atoms with E-state index >= 15 is 0 Å². The van der Waals surface area contributed by atoms with Crippen LogP contribution in [0.3, 0.4) is 0 Å². The quantitative estimate of drug-likeness (QED) is 0.548. The Bertz CT molecular complexity index is 540. The van der Waals surface area contributed by atoms with Gasteiger partial charge in [-0.05, 0) is 80.4 Å². The van der Waals surface area contributed by atoms with Crippen LogP contribution in [0, 0.1) is 35.5 Å². The molecule has 24 heavy (non-hydrogen) atoms. The topological polar surface area (TPSA) is 0 Å². The van der Waals surface area contributed by atoms with Gasteiger partial charge in [0.2, 0.25) is 0 Å². The Balaban J connectivity index is 1.47. The van der Waals surface area contributed by atoms with Crippen LogP contribution in [-0.4, -0.2) is 0 Å². The van der Waals surface area contributed by atoms with Crippen LogP contribution >= 0.6 is 0 Å². The Kier molecular flexibility index (Phi) is 6.42. The molecule has 2 saturated carbocycles. The molecule has 0 saturated heterocycles. The molecule has 0 atom stereocenters. The first kappa shape index (κ1) is 17.6. The zero-order valence-electron chi connectivity index (χ0n) is 15.7. The molecule has 2 fully saturated rings. The van der Waals surface area contributed by atoms with E-state index < -0.39 is 0 Å². The van der Waals surface area contributed by atoms with Crippen LogP contribution in [0.1, 0.15) is 82.8 Å². The van der Waals surface area contributed by atoms with Gasteiger partial charge >= 0.3 is 0 Å². The number of rotatable bonds is 3. The van der Waals surface area contributed by atoms with Crippen LogP contribution in [0.5, 0.6) is 0 Å². The van der Waals surface area contributed by atoms with Crippen LogP contribution < -0.4 is 0 Å². The molecule has 1 aromatic rings. The standard InChI is InChI=1S/C24H34/c1-3-4-20-7-9-21(10-8-20)11-12-22-13-17-24(18-14-22)23-15-5-19(2)6-16-23/h7-10,19,22-24H,3-6,13-18H2,1-2H3. The van der Waals surface area contributed by atoms with Crippen molar-refractivity contribution in [3.05, 3.63) is 35.4 Å². The number of hydrogen-bond donors (Lipinski definition) is 0. The van der Waals surface area contributed by atoms with E-state index in [1.807, 2.05) is 0 Å². The second-order valence-electron chi connectivity index (χ2n) is 8.35. The monoisotopic (exact) mass is 322 g/mol. The fourth-order valence-corrected chi connectivity index (χ4v) is 4.72. The first-order valence-electron chi connectivity index (χ1n) is 10.3.